The molecule has 0 aliphatic heterocycles. The first-order valence-corrected chi connectivity index (χ1v) is 8.64. The number of hydrogen-bond donors (Lipinski definition) is 1. The molecule has 1 aromatic heterocycles. The number of nitrogens with zero attached hydrogens (tertiary/aromatic N) is 2. The summed E-state index contributed by atoms with van der Waals surface area (Å²) in [6.45, 7) is 0.514. The Morgan fingerprint density at radius 3 is 2.85 bits per heavy atom. The van der Waals surface area contributed by atoms with Crippen LogP contribution in [0.15, 0.2) is 42.7 Å². The van der Waals surface area contributed by atoms with Crippen LogP contribution >= 0.6 is 11.6 Å². The highest BCUT2D eigenvalue weighted by Crippen LogP contribution is 2.34. The number of fused-ring (bicyclic) bond motifs is 1. The maximum Gasteiger partial charge on any atom is 0.163 e. The molecule has 0 aliphatic rings. The van der Waals surface area contributed by atoms with Crippen LogP contribution in [0.4, 0.5) is 11.5 Å². The van der Waals surface area contributed by atoms with Gasteiger partial charge in [-0.3, -0.25) is 0 Å². The van der Waals surface area contributed by atoms with Crippen molar-refractivity contribution in [2.45, 2.75) is 6.42 Å². The smallest absolute Gasteiger partial charge is 0.163 e. The third-order valence-electron chi connectivity index (χ3n) is 3.75. The molecule has 0 amide bonds. The van der Waals surface area contributed by atoms with Crippen molar-refractivity contribution in [2.24, 2.45) is 0 Å². The van der Waals surface area contributed by atoms with E-state index in [4.69, 9.17) is 27.5 Å². The number of alkyl halides is 1. The van der Waals surface area contributed by atoms with Gasteiger partial charge >= 0.3 is 0 Å². The maximum absolute atomic E-state index is 5.75. The SMILES string of the molecule is C#Cc1cccc(Nc2ncnc3cc(OCCCCl)c(OC)cc23)c1. The molecule has 2 aromatic carbocycles. The Bertz CT molecular complexity index is 953. The number of methoxy groups -OCH3 is 1. The van der Waals surface area contributed by atoms with Crippen LogP contribution in [-0.2, 0) is 0 Å². The second-order valence-corrected chi connectivity index (χ2v) is 5.86. The second-order valence-electron chi connectivity index (χ2n) is 5.48. The van der Waals surface area contributed by atoms with E-state index in [9.17, 15) is 0 Å². The van der Waals surface area contributed by atoms with Crippen LogP contribution in [0.1, 0.15) is 12.0 Å². The Balaban J connectivity index is 1.97. The molecule has 0 spiro atoms. The summed E-state index contributed by atoms with van der Waals surface area (Å²) in [5.41, 5.74) is 2.39. The van der Waals surface area contributed by atoms with E-state index in [0.717, 1.165) is 28.6 Å². The van der Waals surface area contributed by atoms with Gasteiger partial charge in [-0.05, 0) is 30.7 Å². The number of ether oxygens (including phenoxy) is 2. The van der Waals surface area contributed by atoms with E-state index in [1.807, 2.05) is 36.4 Å². The first kappa shape index (κ1) is 17.8. The Kier molecular flexibility index (Phi) is 5.77. The maximum atomic E-state index is 5.75. The minimum absolute atomic E-state index is 0.514. The van der Waals surface area contributed by atoms with E-state index < -0.39 is 0 Å². The number of hydrogen-bond acceptors (Lipinski definition) is 5. The van der Waals surface area contributed by atoms with Gasteiger partial charge in [0.15, 0.2) is 11.5 Å². The highest BCUT2D eigenvalue weighted by molar-refractivity contribution is 6.17. The molecule has 6 heteroatoms. The van der Waals surface area contributed by atoms with E-state index in [1.165, 1.54) is 6.33 Å². The highest BCUT2D eigenvalue weighted by atomic mass is 35.5. The number of nitrogens with one attached hydrogen (secondary N) is 1. The Morgan fingerprint density at radius 2 is 2.08 bits per heavy atom. The number of benzene rings is 2. The topological polar surface area (TPSA) is 56.3 Å². The van der Waals surface area contributed by atoms with Crippen LogP contribution < -0.4 is 14.8 Å². The Labute approximate surface area is 157 Å². The molecule has 5 nitrogen and oxygen atoms in total. The third-order valence-corrected chi connectivity index (χ3v) is 4.02. The van der Waals surface area contributed by atoms with Crippen LogP contribution in [-0.4, -0.2) is 29.6 Å². The normalized spacial score (nSPS) is 10.3. The van der Waals surface area contributed by atoms with Crippen LogP contribution in [0, 0.1) is 12.3 Å². The molecule has 0 saturated heterocycles. The third kappa shape index (κ3) is 3.98. The van der Waals surface area contributed by atoms with Crippen LogP contribution in [0.25, 0.3) is 10.9 Å². The quantitative estimate of drug-likeness (QED) is 0.382. The van der Waals surface area contributed by atoms with Gasteiger partial charge in [-0.15, -0.1) is 18.0 Å². The van der Waals surface area contributed by atoms with Crippen LogP contribution in [0.2, 0.25) is 0 Å². The number of rotatable bonds is 7. The molecule has 1 heterocycles. The molecule has 0 unspecified atom stereocenters. The number of halogens is 1. The van der Waals surface area contributed by atoms with Gasteiger partial charge < -0.3 is 14.8 Å². The molecule has 0 aliphatic carbocycles. The van der Waals surface area contributed by atoms with Crippen molar-refractivity contribution in [1.82, 2.24) is 9.97 Å². The molecule has 3 rings (SSSR count). The zero-order valence-electron chi connectivity index (χ0n) is 14.3. The minimum atomic E-state index is 0.514. The lowest BCUT2D eigenvalue weighted by Gasteiger charge is -2.13. The molecule has 0 saturated carbocycles. The summed E-state index contributed by atoms with van der Waals surface area (Å²) in [4.78, 5) is 8.69. The summed E-state index contributed by atoms with van der Waals surface area (Å²) in [6, 6.07) is 11.3. The van der Waals surface area contributed by atoms with Crippen molar-refractivity contribution in [2.75, 3.05) is 24.9 Å². The molecule has 0 fully saturated rings. The predicted octanol–water partition coefficient (Wildman–Crippen LogP) is 4.37. The molecular formula is C20H18ClN3O2. The van der Waals surface area contributed by atoms with Crippen molar-refractivity contribution >= 4 is 34.0 Å². The van der Waals surface area contributed by atoms with Crippen molar-refractivity contribution in [3.63, 3.8) is 0 Å². The van der Waals surface area contributed by atoms with E-state index in [1.54, 1.807) is 7.11 Å². The monoisotopic (exact) mass is 367 g/mol. The average molecular weight is 368 g/mol. The fraction of sp³-hybridized carbons (Fsp3) is 0.200. The molecule has 0 radical (unpaired) electrons. The Hall–Kier alpha value is -2.97. The highest BCUT2D eigenvalue weighted by Gasteiger charge is 2.12. The predicted molar refractivity (Wildman–Crippen MR) is 105 cm³/mol. The van der Waals surface area contributed by atoms with E-state index >= 15 is 0 Å². The van der Waals surface area contributed by atoms with Crippen molar-refractivity contribution in [1.29, 1.82) is 0 Å². The lowest BCUT2D eigenvalue weighted by molar-refractivity contribution is 0.295. The van der Waals surface area contributed by atoms with Gasteiger partial charge in [-0.2, -0.15) is 0 Å². The van der Waals surface area contributed by atoms with E-state index in [0.29, 0.717) is 29.8 Å². The Morgan fingerprint density at radius 1 is 1.19 bits per heavy atom. The summed E-state index contributed by atoms with van der Waals surface area (Å²) in [5.74, 6) is 5.07. The number of anilines is 2. The van der Waals surface area contributed by atoms with Crippen LogP contribution in [0.5, 0.6) is 11.5 Å². The molecule has 132 valence electrons. The summed E-state index contributed by atoms with van der Waals surface area (Å²) < 4.78 is 11.2. The van der Waals surface area contributed by atoms with Gasteiger partial charge in [0.2, 0.25) is 0 Å². The molecule has 3 aromatic rings. The van der Waals surface area contributed by atoms with Gasteiger partial charge in [0.25, 0.3) is 0 Å². The first-order valence-electron chi connectivity index (χ1n) is 8.10. The molecule has 26 heavy (non-hydrogen) atoms. The fourth-order valence-corrected chi connectivity index (χ4v) is 2.61. The van der Waals surface area contributed by atoms with E-state index in [2.05, 4.69) is 21.2 Å². The van der Waals surface area contributed by atoms with Crippen molar-refractivity contribution in [3.05, 3.63) is 48.3 Å². The summed E-state index contributed by atoms with van der Waals surface area (Å²) in [5, 5.41) is 4.10. The van der Waals surface area contributed by atoms with Crippen molar-refractivity contribution in [3.8, 4) is 23.8 Å². The molecule has 0 bridgehead atoms. The standard InChI is InChI=1S/C20H18ClN3O2/c1-3-14-6-4-7-15(10-14)24-20-16-11-18(25-2)19(26-9-5-8-21)12-17(16)22-13-23-20/h1,4,6-7,10-13H,5,8-9H2,2H3,(H,22,23,24). The van der Waals surface area contributed by atoms with E-state index in [-0.39, 0.29) is 0 Å². The zero-order valence-corrected chi connectivity index (χ0v) is 15.1. The minimum Gasteiger partial charge on any atom is -0.493 e. The lowest BCUT2D eigenvalue weighted by Crippen LogP contribution is -2.01. The first-order chi connectivity index (χ1) is 12.7. The second kappa shape index (κ2) is 8.41. The molecular weight excluding hydrogens is 350 g/mol. The number of terminal acetylenes is 1. The zero-order chi connectivity index (χ0) is 18.4. The molecule has 1 N–H and O–H groups in total. The lowest BCUT2D eigenvalue weighted by atomic mass is 10.2. The summed E-state index contributed by atoms with van der Waals surface area (Å²) in [6.07, 6.45) is 7.72. The van der Waals surface area contributed by atoms with Gasteiger partial charge in [-0.25, -0.2) is 9.97 Å². The van der Waals surface area contributed by atoms with Crippen molar-refractivity contribution < 1.29 is 9.47 Å². The summed E-state index contributed by atoms with van der Waals surface area (Å²) in [7, 11) is 1.60. The van der Waals surface area contributed by atoms with Crippen LogP contribution in [0.3, 0.4) is 0 Å². The fourth-order valence-electron chi connectivity index (χ4n) is 2.50. The summed E-state index contributed by atoms with van der Waals surface area (Å²) >= 11 is 5.70. The van der Waals surface area contributed by atoms with Gasteiger partial charge in [-0.1, -0.05) is 12.0 Å². The molecule has 0 atom stereocenters. The largest absolute Gasteiger partial charge is 0.493 e. The number of aromatic nitrogens is 2. The van der Waals surface area contributed by atoms with Gasteiger partial charge in [0.05, 0.1) is 19.2 Å². The van der Waals surface area contributed by atoms with Gasteiger partial charge in [0.1, 0.15) is 12.1 Å². The average Bonchev–Trinajstić information content (AvgIpc) is 2.68. The van der Waals surface area contributed by atoms with Gasteiger partial charge in [0, 0.05) is 28.6 Å².